The third kappa shape index (κ3) is 2.04. The molecule has 1 rings (SSSR count). The maximum atomic E-state index is 9.31. The van der Waals surface area contributed by atoms with Crippen LogP contribution in [0.5, 0.6) is 0 Å². The second-order valence-electron chi connectivity index (χ2n) is 3.21. The van der Waals surface area contributed by atoms with Crippen molar-refractivity contribution in [2.24, 2.45) is 0 Å². The Morgan fingerprint density at radius 2 is 1.64 bits per heavy atom. The minimum absolute atomic E-state index is 0.708. The van der Waals surface area contributed by atoms with E-state index < -0.39 is 43.4 Å². The molecule has 1 aliphatic rings. The minimum Gasteiger partial charge on any atom is -0.394 e. The van der Waals surface area contributed by atoms with Gasteiger partial charge >= 0.3 is 0 Å². The van der Waals surface area contributed by atoms with Crippen LogP contribution in [0.25, 0.3) is 0 Å². The molecule has 6 N–H and O–H groups in total. The van der Waals surface area contributed by atoms with Gasteiger partial charge in [0.15, 0.2) is 6.29 Å². The van der Waals surface area contributed by atoms with Crippen LogP contribution < -0.4 is 0 Å². The Kier molecular flexibility index (Phi) is 3.78. The van der Waals surface area contributed by atoms with E-state index in [9.17, 15) is 10.2 Å². The summed E-state index contributed by atoms with van der Waals surface area (Å²) in [7, 11) is 0. The Hall–Kier alpha value is -0.280. The molecule has 6 atom stereocenters. The first kappa shape index (κ1) is 11.8. The van der Waals surface area contributed by atoms with Gasteiger partial charge in [0, 0.05) is 0 Å². The van der Waals surface area contributed by atoms with Gasteiger partial charge < -0.3 is 35.4 Å². The average Bonchev–Trinajstić information content (AvgIpc) is 2.43. The molecule has 0 amide bonds. The smallest absolute Gasteiger partial charge is 0.184 e. The first-order chi connectivity index (χ1) is 6.49. The molecule has 1 saturated heterocycles. The van der Waals surface area contributed by atoms with Crippen LogP contribution in [0.2, 0.25) is 0 Å². The minimum atomic E-state index is -1.60. The number of aliphatic hydroxyl groups is 6. The molecule has 0 radical (unpaired) electrons. The largest absolute Gasteiger partial charge is 0.394 e. The van der Waals surface area contributed by atoms with Gasteiger partial charge in [-0.15, -0.1) is 0 Å². The second-order valence-corrected chi connectivity index (χ2v) is 3.21. The Balaban J connectivity index is 2.61. The number of hydrogen-bond donors (Lipinski definition) is 6. The average molecular weight is 210 g/mol. The van der Waals surface area contributed by atoms with Gasteiger partial charge in [-0.25, -0.2) is 0 Å². The Morgan fingerprint density at radius 1 is 1.07 bits per heavy atom. The van der Waals surface area contributed by atoms with E-state index >= 15 is 0 Å². The summed E-state index contributed by atoms with van der Waals surface area (Å²) in [6, 6.07) is 0. The predicted molar refractivity (Wildman–Crippen MR) is 42.0 cm³/mol. The van der Waals surface area contributed by atoms with E-state index in [1.807, 2.05) is 0 Å². The highest BCUT2D eigenvalue weighted by Gasteiger charge is 2.46. The molecule has 1 unspecified atom stereocenters. The molecule has 1 aliphatic heterocycles. The number of rotatable bonds is 3. The molecule has 1 fully saturated rings. The number of hydrogen-bond acceptors (Lipinski definition) is 7. The third-order valence-corrected chi connectivity index (χ3v) is 2.19. The maximum absolute atomic E-state index is 9.31. The summed E-state index contributed by atoms with van der Waals surface area (Å²) < 4.78 is 4.61. The van der Waals surface area contributed by atoms with Gasteiger partial charge in [-0.05, 0) is 0 Å². The molecule has 1 heterocycles. The normalized spacial score (nSPS) is 42.4. The highest BCUT2D eigenvalue weighted by atomic mass is 16.6. The predicted octanol–water partition coefficient (Wildman–Crippen LogP) is -3.86. The fourth-order valence-electron chi connectivity index (χ4n) is 1.29. The van der Waals surface area contributed by atoms with Crippen molar-refractivity contribution in [3.05, 3.63) is 0 Å². The van der Waals surface area contributed by atoms with Crippen LogP contribution >= 0.6 is 0 Å². The summed E-state index contributed by atoms with van der Waals surface area (Å²) in [6.07, 6.45) is -9.01. The molecule has 0 aromatic carbocycles. The molecule has 14 heavy (non-hydrogen) atoms. The summed E-state index contributed by atoms with van der Waals surface area (Å²) in [4.78, 5) is 0. The zero-order valence-corrected chi connectivity index (χ0v) is 7.26. The van der Waals surface area contributed by atoms with E-state index in [0.717, 1.165) is 0 Å². The lowest BCUT2D eigenvalue weighted by molar-refractivity contribution is -0.164. The molecular weight excluding hydrogens is 196 g/mol. The molecule has 84 valence electrons. The van der Waals surface area contributed by atoms with Crippen molar-refractivity contribution in [3.63, 3.8) is 0 Å². The van der Waals surface area contributed by atoms with Crippen LogP contribution in [-0.2, 0) is 4.74 Å². The maximum Gasteiger partial charge on any atom is 0.184 e. The zero-order valence-electron chi connectivity index (χ0n) is 7.26. The van der Waals surface area contributed by atoms with Gasteiger partial charge in [0.25, 0.3) is 0 Å². The molecule has 0 aliphatic carbocycles. The van der Waals surface area contributed by atoms with Gasteiger partial charge in [-0.1, -0.05) is 0 Å². The van der Waals surface area contributed by atoms with Gasteiger partial charge in [-0.2, -0.15) is 0 Å². The van der Waals surface area contributed by atoms with Crippen LogP contribution in [-0.4, -0.2) is 74.1 Å². The summed E-state index contributed by atoms with van der Waals surface area (Å²) in [5.41, 5.74) is 0. The fraction of sp³-hybridized carbons (Fsp3) is 1.00. The van der Waals surface area contributed by atoms with E-state index in [1.165, 1.54) is 0 Å². The molecule has 7 nitrogen and oxygen atoms in total. The Morgan fingerprint density at radius 3 is 2.00 bits per heavy atom. The van der Waals surface area contributed by atoms with Gasteiger partial charge in [0.1, 0.15) is 30.5 Å². The summed E-state index contributed by atoms with van der Waals surface area (Å²) in [5.74, 6) is 0. The van der Waals surface area contributed by atoms with Gasteiger partial charge in [0.2, 0.25) is 0 Å². The standard InChI is InChI=1S/C7H14O7/c8-1-2(9)3(10)6-4(11)5(12)7(13)14-6/h2-13H,1H2/t2-,3+,4-,5-,6+,7?/m0/s1. The Labute approximate surface area is 79.8 Å². The Bertz CT molecular complexity index is 187. The van der Waals surface area contributed by atoms with Crippen molar-refractivity contribution in [3.8, 4) is 0 Å². The topological polar surface area (TPSA) is 131 Å². The van der Waals surface area contributed by atoms with Gasteiger partial charge in [0.05, 0.1) is 6.61 Å². The van der Waals surface area contributed by atoms with E-state index in [1.54, 1.807) is 0 Å². The molecular formula is C7H14O7. The van der Waals surface area contributed by atoms with Crippen LogP contribution in [0.15, 0.2) is 0 Å². The van der Waals surface area contributed by atoms with Crippen LogP contribution in [0, 0.1) is 0 Å². The lowest BCUT2D eigenvalue weighted by Crippen LogP contribution is -2.46. The third-order valence-electron chi connectivity index (χ3n) is 2.19. The van der Waals surface area contributed by atoms with Gasteiger partial charge in [-0.3, -0.25) is 0 Å². The lowest BCUT2D eigenvalue weighted by Gasteiger charge is -2.23. The highest BCUT2D eigenvalue weighted by molar-refractivity contribution is 4.92. The molecule has 0 aromatic heterocycles. The second kappa shape index (κ2) is 4.49. The van der Waals surface area contributed by atoms with Crippen LogP contribution in [0.3, 0.4) is 0 Å². The fourth-order valence-corrected chi connectivity index (χ4v) is 1.29. The van der Waals surface area contributed by atoms with Crippen molar-refractivity contribution in [1.82, 2.24) is 0 Å². The first-order valence-electron chi connectivity index (χ1n) is 4.15. The van der Waals surface area contributed by atoms with Crippen molar-refractivity contribution < 1.29 is 35.4 Å². The van der Waals surface area contributed by atoms with Crippen molar-refractivity contribution >= 4 is 0 Å². The zero-order chi connectivity index (χ0) is 10.9. The lowest BCUT2D eigenvalue weighted by atomic mass is 10.0. The first-order valence-corrected chi connectivity index (χ1v) is 4.15. The number of ether oxygens (including phenoxy) is 1. The quantitative estimate of drug-likeness (QED) is 0.281. The van der Waals surface area contributed by atoms with E-state index in [4.69, 9.17) is 20.4 Å². The SMILES string of the molecule is OC[C@H](O)[C@@H](O)[C@H]1OC(O)[C@@H](O)[C@@H]1O. The highest BCUT2D eigenvalue weighted by Crippen LogP contribution is 2.23. The van der Waals surface area contributed by atoms with Crippen LogP contribution in [0.4, 0.5) is 0 Å². The summed E-state index contributed by atoms with van der Waals surface area (Å²) >= 11 is 0. The molecule has 0 saturated carbocycles. The van der Waals surface area contributed by atoms with E-state index in [0.29, 0.717) is 0 Å². The van der Waals surface area contributed by atoms with Crippen molar-refractivity contribution in [1.29, 1.82) is 0 Å². The molecule has 0 aromatic rings. The number of aliphatic hydroxyl groups excluding tert-OH is 6. The monoisotopic (exact) mass is 210 g/mol. The van der Waals surface area contributed by atoms with Crippen LogP contribution in [0.1, 0.15) is 0 Å². The van der Waals surface area contributed by atoms with Crippen molar-refractivity contribution in [2.75, 3.05) is 6.61 Å². The molecule has 7 heteroatoms. The summed E-state index contributed by atoms with van der Waals surface area (Å²) in [5, 5.41) is 54.1. The molecule has 0 spiro atoms. The van der Waals surface area contributed by atoms with E-state index in [-0.39, 0.29) is 0 Å². The van der Waals surface area contributed by atoms with Crippen molar-refractivity contribution in [2.45, 2.75) is 36.8 Å². The van der Waals surface area contributed by atoms with E-state index in [2.05, 4.69) is 4.74 Å². The molecule has 0 bridgehead atoms. The summed E-state index contributed by atoms with van der Waals surface area (Å²) in [6.45, 7) is -0.708.